The summed E-state index contributed by atoms with van der Waals surface area (Å²) in [6.45, 7) is 4.70. The number of ketones is 2. The second-order valence-electron chi connectivity index (χ2n) is 9.84. The predicted molar refractivity (Wildman–Crippen MR) is 103 cm³/mol. The first-order chi connectivity index (χ1) is 13.5. The van der Waals surface area contributed by atoms with Gasteiger partial charge >= 0.3 is 0 Å². The maximum atomic E-state index is 17.0. The van der Waals surface area contributed by atoms with Crippen LogP contribution >= 0.6 is 0 Å². The minimum absolute atomic E-state index is 0.0113. The van der Waals surface area contributed by atoms with E-state index in [1.807, 2.05) is 13.8 Å². The molecule has 29 heavy (non-hydrogen) atoms. The van der Waals surface area contributed by atoms with Crippen LogP contribution in [0.4, 0.5) is 4.39 Å². The lowest BCUT2D eigenvalue weighted by Gasteiger charge is -2.62. The Labute approximate surface area is 169 Å². The van der Waals surface area contributed by atoms with E-state index in [4.69, 9.17) is 10.7 Å². The molecular formula is C22H30FNO5. The summed E-state index contributed by atoms with van der Waals surface area (Å²) in [6.07, 6.45) is 4.64. The highest BCUT2D eigenvalue weighted by Crippen LogP contribution is 2.71. The summed E-state index contributed by atoms with van der Waals surface area (Å²) in [4.78, 5) is 30.0. The van der Waals surface area contributed by atoms with E-state index in [-0.39, 0.29) is 24.0 Å². The Morgan fingerprint density at radius 2 is 2.07 bits per heavy atom. The number of carbonyl (C=O) groups excluding carboxylic acids is 2. The third kappa shape index (κ3) is 2.19. The Morgan fingerprint density at radius 3 is 2.69 bits per heavy atom. The van der Waals surface area contributed by atoms with Gasteiger partial charge in [0.15, 0.2) is 22.8 Å². The van der Waals surface area contributed by atoms with Crippen molar-refractivity contribution in [2.24, 2.45) is 34.5 Å². The number of halogens is 1. The zero-order valence-corrected chi connectivity index (χ0v) is 17.2. The summed E-state index contributed by atoms with van der Waals surface area (Å²) in [5, 5.41) is 20.8. The summed E-state index contributed by atoms with van der Waals surface area (Å²) in [7, 11) is 0. The molecule has 0 spiro atoms. The van der Waals surface area contributed by atoms with Gasteiger partial charge in [-0.3, -0.25) is 14.4 Å². The zero-order valence-electron chi connectivity index (χ0n) is 17.2. The van der Waals surface area contributed by atoms with Crippen molar-refractivity contribution >= 4 is 11.6 Å². The standard InChI is InChI=1S/C22H30FNO5/c1-12-8-16-15-5-4-13-9-14(26)6-7-19(13,2)21(15,23)17(27)10-20(16,3)22(12,29-24)18(28)11-25/h6-7,9,12,15-17,25,27H,4-5,8,10-11,24H2,1-3H3/t12-,15+,16+,17+,19+,20+,21+,22+/m1/s1. The van der Waals surface area contributed by atoms with E-state index in [1.165, 1.54) is 12.2 Å². The van der Waals surface area contributed by atoms with Crippen LogP contribution in [0.25, 0.3) is 0 Å². The molecule has 0 saturated heterocycles. The lowest BCUT2D eigenvalue weighted by atomic mass is 9.44. The second kappa shape index (κ2) is 6.30. The molecule has 0 aromatic heterocycles. The molecule has 0 aliphatic heterocycles. The van der Waals surface area contributed by atoms with Crippen LogP contribution < -0.4 is 5.90 Å². The number of fused-ring (bicyclic) bond motifs is 5. The van der Waals surface area contributed by atoms with E-state index in [0.717, 1.165) is 0 Å². The molecule has 7 heteroatoms. The number of rotatable bonds is 3. The molecule has 6 nitrogen and oxygen atoms in total. The number of hydrogen-bond donors (Lipinski definition) is 3. The third-order valence-corrected chi connectivity index (χ3v) is 8.92. The molecule has 0 aromatic carbocycles. The number of aliphatic hydroxyl groups is 2. The van der Waals surface area contributed by atoms with Crippen molar-refractivity contribution in [3.05, 3.63) is 23.8 Å². The number of aliphatic hydroxyl groups excluding tert-OH is 2. The lowest BCUT2D eigenvalue weighted by Crippen LogP contribution is -2.70. The molecule has 0 heterocycles. The Hall–Kier alpha value is -1.41. The van der Waals surface area contributed by atoms with Crippen molar-refractivity contribution in [1.82, 2.24) is 0 Å². The quantitative estimate of drug-likeness (QED) is 0.616. The maximum Gasteiger partial charge on any atom is 0.192 e. The van der Waals surface area contributed by atoms with Crippen LogP contribution in [0.15, 0.2) is 23.8 Å². The molecule has 0 unspecified atom stereocenters. The van der Waals surface area contributed by atoms with Gasteiger partial charge in [0.25, 0.3) is 0 Å². The Bertz CT molecular complexity index is 826. The number of Topliss-reactive ketones (excluding diaryl/α,β-unsaturated/α-hetero) is 1. The summed E-state index contributed by atoms with van der Waals surface area (Å²) < 4.78 is 17.0. The monoisotopic (exact) mass is 407 g/mol. The van der Waals surface area contributed by atoms with Crippen LogP contribution in [0.5, 0.6) is 0 Å². The largest absolute Gasteiger partial charge is 0.390 e. The normalized spacial score (nSPS) is 51.1. The van der Waals surface area contributed by atoms with E-state index in [2.05, 4.69) is 0 Å². The molecule has 3 saturated carbocycles. The van der Waals surface area contributed by atoms with Crippen molar-refractivity contribution in [3.8, 4) is 0 Å². The van der Waals surface area contributed by atoms with Crippen LogP contribution in [0.3, 0.4) is 0 Å². The molecule has 160 valence electrons. The number of allylic oxidation sites excluding steroid dienone is 4. The Morgan fingerprint density at radius 1 is 1.38 bits per heavy atom. The molecule has 0 bridgehead atoms. The summed E-state index contributed by atoms with van der Waals surface area (Å²) in [5.74, 6) is 3.86. The van der Waals surface area contributed by atoms with Crippen molar-refractivity contribution in [1.29, 1.82) is 0 Å². The van der Waals surface area contributed by atoms with Crippen LogP contribution in [-0.2, 0) is 14.4 Å². The van der Waals surface area contributed by atoms with Gasteiger partial charge < -0.3 is 10.2 Å². The van der Waals surface area contributed by atoms with E-state index in [0.29, 0.717) is 24.8 Å². The van der Waals surface area contributed by atoms with Gasteiger partial charge in [-0.05, 0) is 56.6 Å². The fourth-order valence-corrected chi connectivity index (χ4v) is 7.56. The van der Waals surface area contributed by atoms with Crippen molar-refractivity contribution in [2.75, 3.05) is 6.61 Å². The molecule has 4 rings (SSSR count). The molecule has 0 amide bonds. The molecule has 8 atom stereocenters. The topological polar surface area (TPSA) is 110 Å². The van der Waals surface area contributed by atoms with E-state index < -0.39 is 46.5 Å². The first-order valence-electron chi connectivity index (χ1n) is 10.4. The Kier molecular flexibility index (Phi) is 4.53. The number of hydrogen-bond acceptors (Lipinski definition) is 6. The summed E-state index contributed by atoms with van der Waals surface area (Å²) in [6, 6.07) is 0. The minimum Gasteiger partial charge on any atom is -0.390 e. The third-order valence-electron chi connectivity index (χ3n) is 8.92. The molecular weight excluding hydrogens is 377 g/mol. The van der Waals surface area contributed by atoms with E-state index >= 15 is 4.39 Å². The van der Waals surface area contributed by atoms with Gasteiger partial charge in [-0.25, -0.2) is 10.3 Å². The fraction of sp³-hybridized carbons (Fsp3) is 0.727. The minimum atomic E-state index is -1.97. The van der Waals surface area contributed by atoms with Gasteiger partial charge in [-0.2, -0.15) is 0 Å². The Balaban J connectivity index is 1.85. The second-order valence-corrected chi connectivity index (χ2v) is 9.84. The fourth-order valence-electron chi connectivity index (χ4n) is 7.56. The molecule has 4 aliphatic rings. The molecule has 4 aliphatic carbocycles. The number of alkyl halides is 1. The van der Waals surface area contributed by atoms with Gasteiger partial charge in [-0.1, -0.05) is 25.5 Å². The number of carbonyl (C=O) groups is 2. The van der Waals surface area contributed by atoms with Gasteiger partial charge in [0, 0.05) is 16.7 Å². The van der Waals surface area contributed by atoms with Crippen LogP contribution in [-0.4, -0.2) is 45.8 Å². The van der Waals surface area contributed by atoms with E-state index in [9.17, 15) is 19.8 Å². The number of nitrogens with two attached hydrogens (primary N) is 1. The maximum absolute atomic E-state index is 17.0. The average molecular weight is 407 g/mol. The molecule has 4 N–H and O–H groups in total. The SMILES string of the molecule is C[C@@H]1C[C@H]2[C@@H]3CCC4=CC(=O)C=C[C@]4(C)[C@@]3(F)[C@@H](O)C[C@]2(C)[C@@]1(ON)C(=O)CO. The average Bonchev–Trinajstić information content (AvgIpc) is 2.90. The van der Waals surface area contributed by atoms with Gasteiger partial charge in [0.1, 0.15) is 6.61 Å². The molecule has 3 fully saturated rings. The van der Waals surface area contributed by atoms with Crippen LogP contribution in [0.1, 0.15) is 46.5 Å². The summed E-state index contributed by atoms with van der Waals surface area (Å²) >= 11 is 0. The highest BCUT2D eigenvalue weighted by molar-refractivity contribution is 6.01. The molecule has 0 radical (unpaired) electrons. The highest BCUT2D eigenvalue weighted by Gasteiger charge is 2.76. The summed E-state index contributed by atoms with van der Waals surface area (Å²) in [5.41, 5.74) is -4.71. The smallest absolute Gasteiger partial charge is 0.192 e. The van der Waals surface area contributed by atoms with Crippen LogP contribution in [0.2, 0.25) is 0 Å². The molecule has 0 aromatic rings. The van der Waals surface area contributed by atoms with Gasteiger partial charge in [0.05, 0.1) is 6.10 Å². The van der Waals surface area contributed by atoms with Crippen molar-refractivity contribution < 1.29 is 29.0 Å². The van der Waals surface area contributed by atoms with Crippen molar-refractivity contribution in [2.45, 2.75) is 63.8 Å². The highest BCUT2D eigenvalue weighted by atomic mass is 19.1. The van der Waals surface area contributed by atoms with Crippen molar-refractivity contribution in [3.63, 3.8) is 0 Å². The first kappa shape index (κ1) is 20.8. The van der Waals surface area contributed by atoms with Gasteiger partial charge in [-0.15, -0.1) is 0 Å². The van der Waals surface area contributed by atoms with Gasteiger partial charge in [0.2, 0.25) is 0 Å². The van der Waals surface area contributed by atoms with E-state index in [1.54, 1.807) is 13.0 Å². The predicted octanol–water partition coefficient (Wildman–Crippen LogP) is 1.79. The van der Waals surface area contributed by atoms with Crippen LogP contribution in [0, 0.1) is 28.6 Å². The zero-order chi connectivity index (χ0) is 21.4. The first-order valence-corrected chi connectivity index (χ1v) is 10.4. The lowest BCUT2D eigenvalue weighted by molar-refractivity contribution is -0.230.